The predicted molar refractivity (Wildman–Crippen MR) is 164 cm³/mol. The molecule has 0 saturated carbocycles. The van der Waals surface area contributed by atoms with Crippen molar-refractivity contribution in [3.63, 3.8) is 0 Å². The SMILES string of the molecule is CCCCCCCCCCCCOc1ccc(CN(CCc2ccc(Cl)c(Cl)c2)OC(C)=O)c2ccccc12. The molecule has 0 aliphatic rings. The maximum Gasteiger partial charge on any atom is 0.322 e. The van der Waals surface area contributed by atoms with Crippen LogP contribution in [0.1, 0.15) is 89.2 Å². The van der Waals surface area contributed by atoms with E-state index >= 15 is 0 Å². The monoisotopic (exact) mass is 571 g/mol. The van der Waals surface area contributed by atoms with Gasteiger partial charge in [0.2, 0.25) is 0 Å². The van der Waals surface area contributed by atoms with E-state index in [2.05, 4.69) is 25.1 Å². The van der Waals surface area contributed by atoms with Crippen LogP contribution in [-0.2, 0) is 22.6 Å². The van der Waals surface area contributed by atoms with Gasteiger partial charge < -0.3 is 9.57 Å². The maximum atomic E-state index is 11.8. The summed E-state index contributed by atoms with van der Waals surface area (Å²) >= 11 is 12.2. The van der Waals surface area contributed by atoms with Crippen LogP contribution in [0, 0.1) is 0 Å². The highest BCUT2D eigenvalue weighted by Gasteiger charge is 2.14. The quantitative estimate of drug-likeness (QED) is 0.112. The fourth-order valence-electron chi connectivity index (χ4n) is 4.85. The zero-order valence-corrected chi connectivity index (χ0v) is 25.0. The molecule has 0 saturated heterocycles. The number of rotatable bonds is 18. The fourth-order valence-corrected chi connectivity index (χ4v) is 5.17. The Morgan fingerprint density at radius 1 is 0.795 bits per heavy atom. The van der Waals surface area contributed by atoms with E-state index in [4.69, 9.17) is 32.8 Å². The van der Waals surface area contributed by atoms with Crippen LogP contribution in [-0.4, -0.2) is 24.2 Å². The van der Waals surface area contributed by atoms with Gasteiger partial charge >= 0.3 is 5.97 Å². The van der Waals surface area contributed by atoms with Crippen LogP contribution >= 0.6 is 23.2 Å². The topological polar surface area (TPSA) is 38.8 Å². The van der Waals surface area contributed by atoms with Crippen molar-refractivity contribution >= 4 is 39.9 Å². The van der Waals surface area contributed by atoms with E-state index in [9.17, 15) is 4.79 Å². The first-order valence-corrected chi connectivity index (χ1v) is 15.2. The van der Waals surface area contributed by atoms with Crippen molar-refractivity contribution in [2.24, 2.45) is 0 Å². The summed E-state index contributed by atoms with van der Waals surface area (Å²) in [7, 11) is 0. The number of hydrogen-bond acceptors (Lipinski definition) is 4. The molecule has 4 nitrogen and oxygen atoms in total. The Morgan fingerprint density at radius 3 is 2.13 bits per heavy atom. The third-order valence-electron chi connectivity index (χ3n) is 6.97. The van der Waals surface area contributed by atoms with Gasteiger partial charge in [-0.05, 0) is 47.6 Å². The van der Waals surface area contributed by atoms with Crippen molar-refractivity contribution in [3.05, 3.63) is 75.8 Å². The molecule has 3 aromatic carbocycles. The number of hydroxylamine groups is 2. The predicted octanol–water partition coefficient (Wildman–Crippen LogP) is 9.97. The molecule has 0 fully saturated rings. The molecular formula is C33H43Cl2NO3. The van der Waals surface area contributed by atoms with Crippen molar-refractivity contribution in [1.82, 2.24) is 5.06 Å². The van der Waals surface area contributed by atoms with Crippen LogP contribution in [0.3, 0.4) is 0 Å². The molecule has 0 aromatic heterocycles. The average Bonchev–Trinajstić information content (AvgIpc) is 2.93. The van der Waals surface area contributed by atoms with E-state index in [1.807, 2.05) is 30.3 Å². The maximum absolute atomic E-state index is 11.8. The van der Waals surface area contributed by atoms with Gasteiger partial charge in [-0.1, -0.05) is 124 Å². The molecule has 0 bridgehead atoms. The van der Waals surface area contributed by atoms with Crippen LogP contribution < -0.4 is 4.74 Å². The minimum Gasteiger partial charge on any atom is -0.493 e. The molecule has 0 heterocycles. The Morgan fingerprint density at radius 2 is 1.46 bits per heavy atom. The second-order valence-corrected chi connectivity index (χ2v) is 11.1. The van der Waals surface area contributed by atoms with Gasteiger partial charge in [0.05, 0.1) is 23.2 Å². The number of carbonyl (C=O) groups is 1. The van der Waals surface area contributed by atoms with Crippen molar-refractivity contribution < 1.29 is 14.4 Å². The van der Waals surface area contributed by atoms with E-state index in [0.717, 1.165) is 40.7 Å². The molecule has 0 radical (unpaired) electrons. The zero-order valence-electron chi connectivity index (χ0n) is 23.5. The van der Waals surface area contributed by atoms with Crippen LogP contribution in [0.2, 0.25) is 10.0 Å². The summed E-state index contributed by atoms with van der Waals surface area (Å²) in [5.74, 6) is 0.560. The first-order chi connectivity index (χ1) is 19.0. The highest BCUT2D eigenvalue weighted by molar-refractivity contribution is 6.42. The lowest BCUT2D eigenvalue weighted by Crippen LogP contribution is -2.28. The van der Waals surface area contributed by atoms with Gasteiger partial charge in [-0.3, -0.25) is 4.79 Å². The number of ether oxygens (including phenoxy) is 1. The summed E-state index contributed by atoms with van der Waals surface area (Å²) in [5.41, 5.74) is 2.11. The summed E-state index contributed by atoms with van der Waals surface area (Å²) in [5, 5.41) is 4.93. The second-order valence-electron chi connectivity index (χ2n) is 10.2. The number of nitrogens with zero attached hydrogens (tertiary/aromatic N) is 1. The third kappa shape index (κ3) is 11.0. The van der Waals surface area contributed by atoms with E-state index < -0.39 is 0 Å². The molecule has 0 atom stereocenters. The Bertz CT molecular complexity index is 1170. The number of hydrogen-bond donors (Lipinski definition) is 0. The molecule has 3 rings (SSSR count). The van der Waals surface area contributed by atoms with E-state index in [-0.39, 0.29) is 5.97 Å². The van der Waals surface area contributed by atoms with Gasteiger partial charge in [-0.25, -0.2) is 0 Å². The van der Waals surface area contributed by atoms with Gasteiger partial charge in [0, 0.05) is 18.9 Å². The lowest BCUT2D eigenvalue weighted by atomic mass is 10.0. The van der Waals surface area contributed by atoms with Crippen molar-refractivity contribution in [2.75, 3.05) is 13.2 Å². The number of fused-ring (bicyclic) bond motifs is 1. The molecule has 6 heteroatoms. The summed E-state index contributed by atoms with van der Waals surface area (Å²) in [4.78, 5) is 17.4. The normalized spacial score (nSPS) is 11.3. The standard InChI is InChI=1S/C33H43Cl2NO3/c1-3-4-5-6-7-8-9-10-11-14-23-38-33-20-18-28(29-15-12-13-16-30(29)33)25-36(39-26(2)37)22-21-27-17-19-31(34)32(35)24-27/h12-13,15-20,24H,3-11,14,21-23,25H2,1-2H3. The number of halogens is 2. The van der Waals surface area contributed by atoms with Crippen molar-refractivity contribution in [3.8, 4) is 5.75 Å². The zero-order chi connectivity index (χ0) is 27.9. The van der Waals surface area contributed by atoms with E-state index in [1.165, 1.54) is 64.7 Å². The first-order valence-electron chi connectivity index (χ1n) is 14.5. The molecule has 0 unspecified atom stereocenters. The van der Waals surface area contributed by atoms with Crippen molar-refractivity contribution in [1.29, 1.82) is 0 Å². The molecule has 0 N–H and O–H groups in total. The lowest BCUT2D eigenvalue weighted by Gasteiger charge is -2.22. The first kappa shape index (κ1) is 31.3. The molecule has 0 amide bonds. The van der Waals surface area contributed by atoms with Crippen molar-refractivity contribution in [2.45, 2.75) is 91.0 Å². The molecule has 0 aliphatic heterocycles. The van der Waals surface area contributed by atoms with E-state index in [0.29, 0.717) is 29.6 Å². The van der Waals surface area contributed by atoms with Gasteiger partial charge in [-0.15, -0.1) is 5.06 Å². The molecule has 3 aromatic rings. The third-order valence-corrected chi connectivity index (χ3v) is 7.71. The molecule has 39 heavy (non-hydrogen) atoms. The van der Waals surface area contributed by atoms with Gasteiger partial charge in [-0.2, -0.15) is 0 Å². The van der Waals surface area contributed by atoms with Crippen LogP contribution in [0.25, 0.3) is 10.8 Å². The van der Waals surface area contributed by atoms with Gasteiger partial charge in [0.25, 0.3) is 0 Å². The number of benzene rings is 3. The number of carbonyl (C=O) groups excluding carboxylic acids is 1. The number of unbranched alkanes of at least 4 members (excludes halogenated alkanes) is 9. The lowest BCUT2D eigenvalue weighted by molar-refractivity contribution is -0.190. The fraction of sp³-hybridized carbons (Fsp3) is 0.485. The Hall–Kier alpha value is -2.27. The average molecular weight is 573 g/mol. The smallest absolute Gasteiger partial charge is 0.322 e. The van der Waals surface area contributed by atoms with Crippen LogP contribution in [0.5, 0.6) is 5.75 Å². The largest absolute Gasteiger partial charge is 0.493 e. The molecule has 212 valence electrons. The molecule has 0 spiro atoms. The minimum atomic E-state index is -0.343. The van der Waals surface area contributed by atoms with Crippen LogP contribution in [0.15, 0.2) is 54.6 Å². The minimum absolute atomic E-state index is 0.343. The highest BCUT2D eigenvalue weighted by atomic mass is 35.5. The molecular weight excluding hydrogens is 529 g/mol. The summed E-state index contributed by atoms with van der Waals surface area (Å²) in [6.07, 6.45) is 13.7. The van der Waals surface area contributed by atoms with E-state index in [1.54, 1.807) is 11.1 Å². The Labute approximate surface area is 244 Å². The summed E-state index contributed by atoms with van der Waals surface area (Å²) in [6.45, 7) is 5.42. The van der Waals surface area contributed by atoms with Gasteiger partial charge in [0.15, 0.2) is 0 Å². The van der Waals surface area contributed by atoms with Gasteiger partial charge in [0.1, 0.15) is 5.75 Å². The van der Waals surface area contributed by atoms with Crippen LogP contribution in [0.4, 0.5) is 0 Å². The molecule has 0 aliphatic carbocycles. The summed E-state index contributed by atoms with van der Waals surface area (Å²) < 4.78 is 6.22. The Kier molecular flexibility index (Phi) is 14.0. The Balaban J connectivity index is 1.54. The summed E-state index contributed by atoms with van der Waals surface area (Å²) in [6, 6.07) is 18.0. The highest BCUT2D eigenvalue weighted by Crippen LogP contribution is 2.30. The second kappa shape index (κ2) is 17.4.